The van der Waals surface area contributed by atoms with Gasteiger partial charge in [-0.25, -0.2) is 10.4 Å². The second-order valence-corrected chi connectivity index (χ2v) is 7.23. The summed E-state index contributed by atoms with van der Waals surface area (Å²) in [5.74, 6) is 0.719. The lowest BCUT2D eigenvalue weighted by Crippen LogP contribution is -2.19. The van der Waals surface area contributed by atoms with Crippen LogP contribution in [0, 0.1) is 24.0 Å². The molecule has 1 N–H and O–H groups in total. The summed E-state index contributed by atoms with van der Waals surface area (Å²) in [5, 5.41) is 14.7. The molecule has 2 aromatic heterocycles. The van der Waals surface area contributed by atoms with Crippen LogP contribution < -0.4 is 5.43 Å². The predicted octanol–water partition coefficient (Wildman–Crippen LogP) is 3.64. The number of nitro groups is 1. The second kappa shape index (κ2) is 9.16. The van der Waals surface area contributed by atoms with Gasteiger partial charge in [-0.05, 0) is 44.2 Å². The maximum absolute atomic E-state index is 12.0. The van der Waals surface area contributed by atoms with Crippen molar-refractivity contribution in [1.29, 1.82) is 0 Å². The smallest absolute Gasteiger partial charge is 0.269 e. The van der Waals surface area contributed by atoms with Gasteiger partial charge in [0, 0.05) is 40.2 Å². The topological polar surface area (TPSA) is 102 Å². The number of rotatable bonds is 7. The SMILES string of the molecule is Cc1cc(/C=N\NC(=O)CSc2ccc([N+](=O)[O-])cc2)c(C)n1-c1ccccn1. The molecule has 1 amide bonds. The largest absolute Gasteiger partial charge is 0.303 e. The maximum atomic E-state index is 12.0. The van der Waals surface area contributed by atoms with Crippen molar-refractivity contribution in [2.45, 2.75) is 18.7 Å². The van der Waals surface area contributed by atoms with Gasteiger partial charge in [-0.3, -0.25) is 14.9 Å². The molecule has 1 aromatic carbocycles. The van der Waals surface area contributed by atoms with Gasteiger partial charge in [0.25, 0.3) is 5.69 Å². The average molecular weight is 409 g/mol. The summed E-state index contributed by atoms with van der Waals surface area (Å²) in [6.07, 6.45) is 3.35. The monoisotopic (exact) mass is 409 g/mol. The molecule has 3 aromatic rings. The molecule has 0 aliphatic carbocycles. The normalized spacial score (nSPS) is 11.0. The van der Waals surface area contributed by atoms with Gasteiger partial charge in [-0.2, -0.15) is 5.10 Å². The van der Waals surface area contributed by atoms with Crippen LogP contribution in [0.3, 0.4) is 0 Å². The molecule has 0 radical (unpaired) electrons. The molecular formula is C20H19N5O3S. The van der Waals surface area contributed by atoms with Crippen LogP contribution in [-0.2, 0) is 4.79 Å². The molecule has 0 unspecified atom stereocenters. The van der Waals surface area contributed by atoms with E-state index >= 15 is 0 Å². The molecule has 0 aliphatic heterocycles. The predicted molar refractivity (Wildman–Crippen MR) is 113 cm³/mol. The van der Waals surface area contributed by atoms with Crippen LogP contribution in [0.15, 0.2) is 64.7 Å². The quantitative estimate of drug-likeness (QED) is 0.278. The van der Waals surface area contributed by atoms with E-state index in [9.17, 15) is 14.9 Å². The number of amides is 1. The number of nitro benzene ring substituents is 1. The van der Waals surface area contributed by atoms with E-state index in [4.69, 9.17) is 0 Å². The van der Waals surface area contributed by atoms with Crippen LogP contribution in [-0.4, -0.2) is 32.3 Å². The Morgan fingerprint density at radius 2 is 2.03 bits per heavy atom. The molecule has 29 heavy (non-hydrogen) atoms. The number of nitrogens with zero attached hydrogens (tertiary/aromatic N) is 4. The summed E-state index contributed by atoms with van der Waals surface area (Å²) in [5.41, 5.74) is 5.40. The molecule has 0 aliphatic rings. The number of aryl methyl sites for hydroxylation is 1. The average Bonchev–Trinajstić information content (AvgIpc) is 3.00. The first kappa shape index (κ1) is 20.3. The van der Waals surface area contributed by atoms with Crippen LogP contribution in [0.5, 0.6) is 0 Å². The lowest BCUT2D eigenvalue weighted by atomic mass is 10.3. The molecule has 0 saturated heterocycles. The standard InChI is InChI=1S/C20H19N5O3S/c1-14-11-16(15(2)24(14)19-5-3-4-10-21-19)12-22-23-20(26)13-29-18-8-6-17(7-9-18)25(27)28/h3-12H,13H2,1-2H3,(H,23,26)/b22-12-. The van der Waals surface area contributed by atoms with Crippen molar-refractivity contribution in [3.05, 3.63) is 81.8 Å². The van der Waals surface area contributed by atoms with Crippen LogP contribution in [0.25, 0.3) is 5.82 Å². The molecule has 0 atom stereocenters. The fraction of sp³-hybridized carbons (Fsp3) is 0.150. The van der Waals surface area contributed by atoms with Gasteiger partial charge in [0.05, 0.1) is 16.9 Å². The molecule has 0 spiro atoms. The maximum Gasteiger partial charge on any atom is 0.269 e. The Morgan fingerprint density at radius 3 is 2.69 bits per heavy atom. The number of hydrogen-bond donors (Lipinski definition) is 1. The Bertz CT molecular complexity index is 1050. The van der Waals surface area contributed by atoms with E-state index in [0.29, 0.717) is 0 Å². The Hall–Kier alpha value is -3.46. The van der Waals surface area contributed by atoms with E-state index in [1.807, 2.05) is 42.7 Å². The van der Waals surface area contributed by atoms with Crippen LogP contribution in [0.1, 0.15) is 17.0 Å². The van der Waals surface area contributed by atoms with E-state index < -0.39 is 4.92 Å². The number of non-ortho nitro benzene ring substituents is 1. The summed E-state index contributed by atoms with van der Waals surface area (Å²) in [4.78, 5) is 27.3. The zero-order valence-corrected chi connectivity index (χ0v) is 16.7. The molecule has 0 bridgehead atoms. The van der Waals surface area contributed by atoms with E-state index in [1.54, 1.807) is 24.5 Å². The fourth-order valence-electron chi connectivity index (χ4n) is 2.78. The number of hydrogen-bond acceptors (Lipinski definition) is 6. The fourth-order valence-corrected chi connectivity index (χ4v) is 3.47. The number of carbonyl (C=O) groups is 1. The lowest BCUT2D eigenvalue weighted by molar-refractivity contribution is -0.384. The summed E-state index contributed by atoms with van der Waals surface area (Å²) < 4.78 is 2.02. The number of aromatic nitrogens is 2. The first-order chi connectivity index (χ1) is 14.0. The number of nitrogens with one attached hydrogen (secondary N) is 1. The van der Waals surface area contributed by atoms with Crippen LogP contribution in [0.4, 0.5) is 5.69 Å². The highest BCUT2D eigenvalue weighted by atomic mass is 32.2. The molecular weight excluding hydrogens is 390 g/mol. The van der Waals surface area contributed by atoms with Crippen molar-refractivity contribution < 1.29 is 9.72 Å². The molecule has 0 fully saturated rings. The van der Waals surface area contributed by atoms with E-state index in [-0.39, 0.29) is 17.3 Å². The molecule has 8 nitrogen and oxygen atoms in total. The highest BCUT2D eigenvalue weighted by molar-refractivity contribution is 8.00. The van der Waals surface area contributed by atoms with Crippen molar-refractivity contribution in [3.63, 3.8) is 0 Å². The third-order valence-electron chi connectivity index (χ3n) is 4.16. The number of thioether (sulfide) groups is 1. The second-order valence-electron chi connectivity index (χ2n) is 6.18. The Kier molecular flexibility index (Phi) is 6.40. The first-order valence-electron chi connectivity index (χ1n) is 8.75. The highest BCUT2D eigenvalue weighted by Crippen LogP contribution is 2.21. The third-order valence-corrected chi connectivity index (χ3v) is 5.17. The van der Waals surface area contributed by atoms with Crippen LogP contribution >= 0.6 is 11.8 Å². The van der Waals surface area contributed by atoms with E-state index in [1.165, 1.54) is 23.9 Å². The summed E-state index contributed by atoms with van der Waals surface area (Å²) in [6.45, 7) is 3.95. The molecule has 0 saturated carbocycles. The van der Waals surface area contributed by atoms with Gasteiger partial charge >= 0.3 is 0 Å². The van der Waals surface area contributed by atoms with Crippen molar-refractivity contribution in [2.24, 2.45) is 5.10 Å². The number of benzene rings is 1. The summed E-state index contributed by atoms with van der Waals surface area (Å²) >= 11 is 1.28. The number of carbonyl (C=O) groups excluding carboxylic acids is 1. The number of pyridine rings is 1. The van der Waals surface area contributed by atoms with Crippen molar-refractivity contribution in [1.82, 2.24) is 15.0 Å². The lowest BCUT2D eigenvalue weighted by Gasteiger charge is -2.07. The van der Waals surface area contributed by atoms with Crippen LogP contribution in [0.2, 0.25) is 0 Å². The minimum absolute atomic E-state index is 0.0201. The van der Waals surface area contributed by atoms with E-state index in [2.05, 4.69) is 15.5 Å². The van der Waals surface area contributed by atoms with Crippen molar-refractivity contribution >= 4 is 29.6 Å². The minimum atomic E-state index is -0.458. The van der Waals surface area contributed by atoms with Gasteiger partial charge in [-0.1, -0.05) is 6.07 Å². The van der Waals surface area contributed by atoms with E-state index in [0.717, 1.165) is 27.7 Å². The minimum Gasteiger partial charge on any atom is -0.303 e. The van der Waals surface area contributed by atoms with Crippen molar-refractivity contribution in [2.75, 3.05) is 5.75 Å². The first-order valence-corrected chi connectivity index (χ1v) is 9.74. The van der Waals surface area contributed by atoms with Gasteiger partial charge in [0.15, 0.2) is 0 Å². The van der Waals surface area contributed by atoms with Gasteiger partial charge in [0.1, 0.15) is 5.82 Å². The van der Waals surface area contributed by atoms with Crippen molar-refractivity contribution in [3.8, 4) is 5.82 Å². The number of hydrazone groups is 1. The molecule has 2 heterocycles. The van der Waals surface area contributed by atoms with Gasteiger partial charge in [0.2, 0.25) is 5.91 Å². The molecule has 148 valence electrons. The highest BCUT2D eigenvalue weighted by Gasteiger charge is 2.10. The molecule has 9 heteroatoms. The Morgan fingerprint density at radius 1 is 1.28 bits per heavy atom. The summed E-state index contributed by atoms with van der Waals surface area (Å²) in [7, 11) is 0. The zero-order valence-electron chi connectivity index (χ0n) is 15.9. The van der Waals surface area contributed by atoms with Gasteiger partial charge < -0.3 is 4.57 Å². The Labute approximate surface area is 171 Å². The third kappa shape index (κ3) is 5.08. The molecule has 3 rings (SSSR count). The van der Waals surface area contributed by atoms with Gasteiger partial charge in [-0.15, -0.1) is 11.8 Å². The summed E-state index contributed by atoms with van der Waals surface area (Å²) in [6, 6.07) is 13.8. The Balaban J connectivity index is 1.57. The zero-order chi connectivity index (χ0) is 20.8.